The van der Waals surface area contributed by atoms with Gasteiger partial charge in [0.05, 0.1) is 17.0 Å². The van der Waals surface area contributed by atoms with E-state index in [1.54, 1.807) is 42.5 Å². The van der Waals surface area contributed by atoms with Crippen molar-refractivity contribution in [1.29, 1.82) is 0 Å². The molecule has 0 saturated carbocycles. The van der Waals surface area contributed by atoms with Crippen molar-refractivity contribution in [2.45, 2.75) is 111 Å². The van der Waals surface area contributed by atoms with Crippen LogP contribution in [0.4, 0.5) is 5.69 Å². The topological polar surface area (TPSA) is 406 Å². The molecule has 8 amide bonds. The van der Waals surface area contributed by atoms with Gasteiger partial charge in [-0.25, -0.2) is 8.42 Å². The number of aliphatic hydroxyl groups is 1. The number of carbonyl (C=O) groups excluding carboxylic acids is 8. The van der Waals surface area contributed by atoms with Crippen LogP contribution in [0.5, 0.6) is 11.5 Å². The largest absolute Gasteiger partial charge is 0.508 e. The van der Waals surface area contributed by atoms with Crippen LogP contribution in [0.25, 0.3) is 0 Å². The van der Waals surface area contributed by atoms with Gasteiger partial charge >= 0.3 is 0 Å². The number of sulfonamides is 1. The fourth-order valence-electron chi connectivity index (χ4n) is 8.75. The highest BCUT2D eigenvalue weighted by Crippen LogP contribution is 2.25. The predicted octanol–water partition coefficient (Wildman–Crippen LogP) is 0.934. The Morgan fingerprint density at radius 1 is 0.651 bits per heavy atom. The van der Waals surface area contributed by atoms with E-state index in [-0.39, 0.29) is 78.7 Å². The van der Waals surface area contributed by atoms with Gasteiger partial charge in [0.25, 0.3) is 10.0 Å². The maximum Gasteiger partial charge on any atom is 0.261 e. The summed E-state index contributed by atoms with van der Waals surface area (Å²) in [5, 5.41) is 49.9. The molecule has 0 radical (unpaired) electrons. The van der Waals surface area contributed by atoms with Gasteiger partial charge in [-0.05, 0) is 122 Å². The van der Waals surface area contributed by atoms with Crippen LogP contribution in [0, 0.1) is 0 Å². The molecule has 86 heavy (non-hydrogen) atoms. The maximum absolute atomic E-state index is 14.9. The molecule has 6 rings (SSSR count). The molecule has 1 saturated heterocycles. The normalized spacial score (nSPS) is 20.5. The number of halogens is 1. The number of phenols is 2. The molecule has 5 aromatic rings. The summed E-state index contributed by atoms with van der Waals surface area (Å²) in [5.41, 5.74) is 20.1. The number of aliphatic hydroxyl groups excluding tert-OH is 1. The summed E-state index contributed by atoms with van der Waals surface area (Å²) in [6.45, 7) is 1.39. The van der Waals surface area contributed by atoms with E-state index in [1.165, 1.54) is 91.9 Å². The molecule has 460 valence electrons. The van der Waals surface area contributed by atoms with Crippen molar-refractivity contribution in [3.63, 3.8) is 0 Å². The maximum atomic E-state index is 14.9. The van der Waals surface area contributed by atoms with E-state index in [1.807, 2.05) is 0 Å². The molecule has 1 fully saturated rings. The first-order valence-electron chi connectivity index (χ1n) is 27.3. The standard InChI is InChI=1S/C58H70ClN11O13S3/c1-33(71)50-58(81)68-49(56(79)64-45(51(62)74)28-36-14-22-40(72)23-15-36)32-85-84-31-48(67-52(75)43(61)27-34-10-18-38(59)19-11-34)57(80)66-47(30-37-16-24-41(73)25-17-37)55(78)65-46(54(77)63-44(53(76)69-50)9-5-6-26-60)29-35-12-20-39(21-13-35)70-86(82,83)42-7-3-2-4-8-42/h2-4,7-8,10-25,33,43-50,70-73H,5-6,9,26-32,60-61H2,1H3,(H2,62,74)(H,63,77)(H,64,79)(H,65,78)(H,66,80)(H,67,75)(H,68,81)(H,69,76)/t33?,43-,44-,45+,46+,47-,48+,49-,50?/m0/s1. The molecule has 1 aliphatic heterocycles. The Morgan fingerprint density at radius 3 is 1.73 bits per heavy atom. The van der Waals surface area contributed by atoms with E-state index in [0.29, 0.717) is 33.7 Å². The Kier molecular flexibility index (Phi) is 25.4. The van der Waals surface area contributed by atoms with Gasteiger partial charge in [-0.15, -0.1) is 0 Å². The Morgan fingerprint density at radius 2 is 1.16 bits per heavy atom. The molecule has 0 aromatic heterocycles. The van der Waals surface area contributed by atoms with Crippen LogP contribution in [0.3, 0.4) is 0 Å². The number of nitrogens with one attached hydrogen (secondary N) is 8. The minimum absolute atomic E-state index is 0.000776. The molecule has 1 aliphatic rings. The zero-order chi connectivity index (χ0) is 62.5. The van der Waals surface area contributed by atoms with Crippen molar-refractivity contribution in [2.75, 3.05) is 22.8 Å². The number of hydrogen-bond acceptors (Lipinski definition) is 17. The van der Waals surface area contributed by atoms with E-state index in [9.17, 15) is 62.1 Å². The van der Waals surface area contributed by atoms with Gasteiger partial charge in [0.2, 0.25) is 47.3 Å². The van der Waals surface area contributed by atoms with Crippen molar-refractivity contribution in [3.05, 3.63) is 155 Å². The second-order valence-corrected chi connectivity index (χ2v) is 25.0. The summed E-state index contributed by atoms with van der Waals surface area (Å²) in [7, 11) is -2.14. The lowest BCUT2D eigenvalue weighted by molar-refractivity contribution is -0.136. The molecule has 0 bridgehead atoms. The van der Waals surface area contributed by atoms with E-state index in [4.69, 9.17) is 28.8 Å². The average Bonchev–Trinajstić information content (AvgIpc) is 3.00. The van der Waals surface area contributed by atoms with Crippen LogP contribution >= 0.6 is 33.2 Å². The number of anilines is 1. The SMILES string of the molecule is CC(O)C1NC(=O)[C@H](CCCCN)NC(=O)[C@@H](Cc2ccc(NS(=O)(=O)c3ccccc3)cc2)NC(=O)[C@H](Cc2ccc(O)cc2)NC(=O)[C@H](NC(=O)[C@@H](N)Cc2ccc(Cl)cc2)CSSC[C@@H](C(=O)N[C@H](Cc2ccc(O)cc2)C(N)=O)NC1=O. The lowest BCUT2D eigenvalue weighted by Gasteiger charge is -2.29. The van der Waals surface area contributed by atoms with Crippen molar-refractivity contribution in [2.24, 2.45) is 17.2 Å². The summed E-state index contributed by atoms with van der Waals surface area (Å²) >= 11 is 6.09. The lowest BCUT2D eigenvalue weighted by Crippen LogP contribution is -2.62. The number of phenolic OH excluding ortho intramolecular Hbond substituents is 2. The summed E-state index contributed by atoms with van der Waals surface area (Å²) in [4.78, 5) is 114. The Bertz CT molecular complexity index is 3250. The molecule has 2 unspecified atom stereocenters. The van der Waals surface area contributed by atoms with Gasteiger partial charge in [-0.3, -0.25) is 43.1 Å². The molecule has 5 aromatic carbocycles. The summed E-state index contributed by atoms with van der Waals surface area (Å²) in [6.07, 6.45) is -1.76. The van der Waals surface area contributed by atoms with Crippen LogP contribution in [-0.4, -0.2) is 143 Å². The molecule has 9 atom stereocenters. The summed E-state index contributed by atoms with van der Waals surface area (Å²) in [6, 6.07) is 19.6. The number of benzene rings is 5. The first-order valence-corrected chi connectivity index (χ1v) is 31.6. The van der Waals surface area contributed by atoms with Crippen molar-refractivity contribution >= 4 is 96.2 Å². The fourth-order valence-corrected chi connectivity index (χ4v) is 12.3. The van der Waals surface area contributed by atoms with E-state index >= 15 is 0 Å². The number of amides is 8. The third-order valence-corrected chi connectivity index (χ3v) is 17.6. The number of primary amides is 1. The molecule has 17 N–H and O–H groups in total. The van der Waals surface area contributed by atoms with Gasteiger partial charge in [0.15, 0.2) is 0 Å². The molecular weight excluding hydrogens is 1190 g/mol. The van der Waals surface area contributed by atoms with Crippen LogP contribution in [0.2, 0.25) is 5.02 Å². The van der Waals surface area contributed by atoms with E-state index in [2.05, 4.69) is 41.9 Å². The van der Waals surface area contributed by atoms with Gasteiger partial charge in [0, 0.05) is 41.5 Å². The number of rotatable bonds is 21. The number of unbranched alkanes of at least 4 members (excludes halogenated alkanes) is 1. The zero-order valence-corrected chi connectivity index (χ0v) is 49.9. The molecule has 28 heteroatoms. The van der Waals surface area contributed by atoms with Gasteiger partial charge in [-0.2, -0.15) is 0 Å². The number of hydrogen-bond donors (Lipinski definition) is 14. The summed E-state index contributed by atoms with van der Waals surface area (Å²) < 4.78 is 28.9. The van der Waals surface area contributed by atoms with Gasteiger partial charge in [-0.1, -0.05) is 99.9 Å². The van der Waals surface area contributed by atoms with Crippen molar-refractivity contribution < 1.29 is 62.1 Å². The Balaban J connectivity index is 1.39. The van der Waals surface area contributed by atoms with E-state index < -0.39 is 112 Å². The lowest BCUT2D eigenvalue weighted by atomic mass is 10.0. The van der Waals surface area contributed by atoms with Crippen molar-refractivity contribution in [1.82, 2.24) is 37.2 Å². The van der Waals surface area contributed by atoms with Crippen LogP contribution in [0.15, 0.2) is 132 Å². The monoisotopic (exact) mass is 1260 g/mol. The number of nitrogens with two attached hydrogens (primary N) is 3. The summed E-state index contributed by atoms with van der Waals surface area (Å²) in [5.74, 6) is -8.25. The minimum atomic E-state index is -4.02. The number of carbonyl (C=O) groups is 8. The van der Waals surface area contributed by atoms with Crippen LogP contribution in [-0.2, 0) is 74.1 Å². The fraction of sp³-hybridized carbons (Fsp3) is 0.345. The van der Waals surface area contributed by atoms with Crippen LogP contribution in [0.1, 0.15) is 48.4 Å². The first kappa shape index (κ1) is 67.2. The first-order chi connectivity index (χ1) is 41.0. The smallest absolute Gasteiger partial charge is 0.261 e. The molecule has 1 heterocycles. The van der Waals surface area contributed by atoms with Crippen molar-refractivity contribution in [3.8, 4) is 11.5 Å². The predicted molar refractivity (Wildman–Crippen MR) is 326 cm³/mol. The zero-order valence-electron chi connectivity index (χ0n) is 46.7. The van der Waals surface area contributed by atoms with Gasteiger partial charge < -0.3 is 69.7 Å². The Hall–Kier alpha value is -7.92. The highest BCUT2D eigenvalue weighted by molar-refractivity contribution is 8.76. The molecule has 0 aliphatic carbocycles. The quantitative estimate of drug-likeness (QED) is 0.0359. The average molecular weight is 1260 g/mol. The highest BCUT2D eigenvalue weighted by atomic mass is 35.5. The third-order valence-electron chi connectivity index (χ3n) is 13.5. The van der Waals surface area contributed by atoms with Gasteiger partial charge in [0.1, 0.15) is 53.8 Å². The minimum Gasteiger partial charge on any atom is -0.508 e. The second kappa shape index (κ2) is 32.5. The molecular formula is C58H70ClN11O13S3. The molecule has 0 spiro atoms. The van der Waals surface area contributed by atoms with Crippen LogP contribution < -0.4 is 59.1 Å². The molecule has 24 nitrogen and oxygen atoms in total. The second-order valence-electron chi connectivity index (χ2n) is 20.3. The van der Waals surface area contributed by atoms with E-state index in [0.717, 1.165) is 21.6 Å². The number of aromatic hydroxyl groups is 2. The Labute approximate surface area is 510 Å². The highest BCUT2D eigenvalue weighted by Gasteiger charge is 2.37. The third kappa shape index (κ3) is 20.9.